The molecule has 4 heteroatoms. The third-order valence-corrected chi connectivity index (χ3v) is 2.67. The van der Waals surface area contributed by atoms with E-state index in [1.54, 1.807) is 0 Å². The average molecular weight is 274 g/mol. The first-order valence-electron chi connectivity index (χ1n) is 4.25. The van der Waals surface area contributed by atoms with Gasteiger partial charge in [0.25, 0.3) is 0 Å². The highest BCUT2D eigenvalue weighted by molar-refractivity contribution is 9.10. The first-order valence-corrected chi connectivity index (χ1v) is 5.45. The first kappa shape index (κ1) is 11.6. The summed E-state index contributed by atoms with van der Waals surface area (Å²) in [5.74, 6) is 0. The van der Waals surface area contributed by atoms with Crippen LogP contribution in [0.3, 0.4) is 0 Å². The van der Waals surface area contributed by atoms with E-state index in [1.165, 1.54) is 0 Å². The van der Waals surface area contributed by atoms with Crippen molar-refractivity contribution in [3.8, 4) is 0 Å². The van der Waals surface area contributed by atoms with Crippen LogP contribution in [0.15, 0.2) is 28.7 Å². The van der Waals surface area contributed by atoms with Gasteiger partial charge in [-0.15, -0.1) is 0 Å². The maximum absolute atomic E-state index is 5.45. The Morgan fingerprint density at radius 2 is 2.07 bits per heavy atom. The second-order valence-electron chi connectivity index (χ2n) is 2.98. The van der Waals surface area contributed by atoms with Gasteiger partial charge in [-0.05, 0) is 24.6 Å². The van der Waals surface area contributed by atoms with E-state index in [2.05, 4.69) is 15.9 Å². The fourth-order valence-corrected chi connectivity index (χ4v) is 1.22. The number of halogens is 1. The van der Waals surface area contributed by atoms with Crippen LogP contribution in [-0.2, 0) is 11.3 Å². The molecule has 1 rings (SSSR count). The van der Waals surface area contributed by atoms with Gasteiger partial charge in [0.1, 0.15) is 11.1 Å². The van der Waals surface area contributed by atoms with Crippen molar-refractivity contribution in [3.63, 3.8) is 0 Å². The van der Waals surface area contributed by atoms with E-state index in [4.69, 9.17) is 22.7 Å². The molecule has 14 heavy (non-hydrogen) atoms. The second kappa shape index (κ2) is 5.44. The third-order valence-electron chi connectivity index (χ3n) is 1.81. The molecule has 0 radical (unpaired) electrons. The molecule has 0 bridgehead atoms. The lowest BCUT2D eigenvalue weighted by Gasteiger charge is -2.10. The lowest BCUT2D eigenvalue weighted by Crippen LogP contribution is -2.26. The summed E-state index contributed by atoms with van der Waals surface area (Å²) in [5.41, 5.74) is 6.53. The Labute approximate surface area is 97.6 Å². The normalized spacial score (nSPS) is 12.4. The van der Waals surface area contributed by atoms with Crippen LogP contribution in [0.1, 0.15) is 12.5 Å². The molecule has 0 spiro atoms. The smallest absolute Gasteiger partial charge is 0.105 e. The Kier molecular flexibility index (Phi) is 4.51. The van der Waals surface area contributed by atoms with Crippen molar-refractivity contribution in [1.29, 1.82) is 0 Å². The Balaban J connectivity index is 2.46. The highest BCUT2D eigenvalue weighted by Crippen LogP contribution is 2.11. The van der Waals surface area contributed by atoms with Crippen LogP contribution in [0.4, 0.5) is 0 Å². The Bertz CT molecular complexity index is 312. The molecule has 76 valence electrons. The van der Waals surface area contributed by atoms with E-state index in [0.29, 0.717) is 11.6 Å². The van der Waals surface area contributed by atoms with Crippen LogP contribution in [0, 0.1) is 0 Å². The van der Waals surface area contributed by atoms with Gasteiger partial charge >= 0.3 is 0 Å². The molecular weight excluding hydrogens is 262 g/mol. The van der Waals surface area contributed by atoms with Crippen LogP contribution in [0.5, 0.6) is 0 Å². The highest BCUT2D eigenvalue weighted by Gasteiger charge is 2.04. The molecule has 2 nitrogen and oxygen atoms in total. The van der Waals surface area contributed by atoms with E-state index < -0.39 is 0 Å². The number of nitrogens with two attached hydrogens (primary N) is 1. The molecule has 1 unspecified atom stereocenters. The van der Waals surface area contributed by atoms with Crippen LogP contribution < -0.4 is 5.73 Å². The molecular formula is C10H12BrNOS. The summed E-state index contributed by atoms with van der Waals surface area (Å²) in [7, 11) is 0. The standard InChI is InChI=1S/C10H12BrNOS/c1-7(10(12)14)13-6-8-2-4-9(11)5-3-8/h2-5,7H,6H2,1H3,(H2,12,14). The van der Waals surface area contributed by atoms with Crippen LogP contribution in [0.2, 0.25) is 0 Å². The molecule has 1 atom stereocenters. The van der Waals surface area contributed by atoms with E-state index in [-0.39, 0.29) is 6.10 Å². The van der Waals surface area contributed by atoms with Crippen molar-refractivity contribution in [1.82, 2.24) is 0 Å². The molecule has 0 aliphatic rings. The largest absolute Gasteiger partial charge is 0.391 e. The van der Waals surface area contributed by atoms with Crippen LogP contribution in [0.25, 0.3) is 0 Å². The summed E-state index contributed by atoms with van der Waals surface area (Å²) in [6.07, 6.45) is -0.173. The van der Waals surface area contributed by atoms with Gasteiger partial charge < -0.3 is 10.5 Å². The minimum atomic E-state index is -0.173. The van der Waals surface area contributed by atoms with Gasteiger partial charge in [0, 0.05) is 4.47 Å². The van der Waals surface area contributed by atoms with Crippen LogP contribution in [-0.4, -0.2) is 11.1 Å². The van der Waals surface area contributed by atoms with Gasteiger partial charge in [-0.25, -0.2) is 0 Å². The van der Waals surface area contributed by atoms with E-state index in [1.807, 2.05) is 31.2 Å². The lowest BCUT2D eigenvalue weighted by atomic mass is 10.2. The van der Waals surface area contributed by atoms with Crippen molar-refractivity contribution in [2.24, 2.45) is 5.73 Å². The average Bonchev–Trinajstić information content (AvgIpc) is 2.16. The SMILES string of the molecule is CC(OCc1ccc(Br)cc1)C(N)=S. The van der Waals surface area contributed by atoms with Crippen LogP contribution >= 0.6 is 28.1 Å². The minimum Gasteiger partial charge on any atom is -0.391 e. The molecule has 0 aromatic heterocycles. The number of rotatable bonds is 4. The second-order valence-corrected chi connectivity index (χ2v) is 4.37. The number of benzene rings is 1. The molecule has 0 saturated carbocycles. The van der Waals surface area contributed by atoms with E-state index in [0.717, 1.165) is 10.0 Å². The quantitative estimate of drug-likeness (QED) is 0.857. The van der Waals surface area contributed by atoms with Crippen molar-refractivity contribution < 1.29 is 4.74 Å². The lowest BCUT2D eigenvalue weighted by molar-refractivity contribution is 0.0969. The molecule has 0 fully saturated rings. The minimum absolute atomic E-state index is 0.173. The predicted octanol–water partition coefficient (Wildman–Crippen LogP) is 2.64. The summed E-state index contributed by atoms with van der Waals surface area (Å²) >= 11 is 8.17. The zero-order valence-electron chi connectivity index (χ0n) is 7.87. The van der Waals surface area contributed by atoms with E-state index >= 15 is 0 Å². The third kappa shape index (κ3) is 3.74. The maximum atomic E-state index is 5.45. The summed E-state index contributed by atoms with van der Waals surface area (Å²) in [6.45, 7) is 2.38. The monoisotopic (exact) mass is 273 g/mol. The Morgan fingerprint density at radius 1 is 1.50 bits per heavy atom. The Hall–Kier alpha value is -0.450. The van der Waals surface area contributed by atoms with Gasteiger partial charge in [-0.2, -0.15) is 0 Å². The number of ether oxygens (including phenoxy) is 1. The molecule has 0 amide bonds. The summed E-state index contributed by atoms with van der Waals surface area (Å²) in [5, 5.41) is 0. The van der Waals surface area contributed by atoms with Gasteiger partial charge in [0.05, 0.1) is 6.61 Å². The molecule has 0 heterocycles. The van der Waals surface area contributed by atoms with Crippen molar-refractivity contribution in [3.05, 3.63) is 34.3 Å². The van der Waals surface area contributed by atoms with Gasteiger partial charge in [0.15, 0.2) is 0 Å². The summed E-state index contributed by atoms with van der Waals surface area (Å²) in [6, 6.07) is 7.95. The molecule has 1 aromatic carbocycles. The summed E-state index contributed by atoms with van der Waals surface area (Å²) < 4.78 is 6.51. The number of hydrogen-bond donors (Lipinski definition) is 1. The topological polar surface area (TPSA) is 35.2 Å². The molecule has 0 saturated heterocycles. The fraction of sp³-hybridized carbons (Fsp3) is 0.300. The Morgan fingerprint density at radius 3 is 2.57 bits per heavy atom. The zero-order valence-corrected chi connectivity index (χ0v) is 10.3. The van der Waals surface area contributed by atoms with Gasteiger partial charge in [-0.3, -0.25) is 0 Å². The van der Waals surface area contributed by atoms with Gasteiger partial charge in [-0.1, -0.05) is 40.3 Å². The number of hydrogen-bond acceptors (Lipinski definition) is 2. The first-order chi connectivity index (χ1) is 6.59. The fourth-order valence-electron chi connectivity index (χ4n) is 0.884. The molecule has 1 aromatic rings. The highest BCUT2D eigenvalue weighted by atomic mass is 79.9. The number of thiocarbonyl (C=S) groups is 1. The van der Waals surface area contributed by atoms with Crippen molar-refractivity contribution in [2.45, 2.75) is 19.6 Å². The zero-order chi connectivity index (χ0) is 10.6. The van der Waals surface area contributed by atoms with Crippen molar-refractivity contribution >= 4 is 33.1 Å². The van der Waals surface area contributed by atoms with E-state index in [9.17, 15) is 0 Å². The van der Waals surface area contributed by atoms with Crippen molar-refractivity contribution in [2.75, 3.05) is 0 Å². The summed E-state index contributed by atoms with van der Waals surface area (Å²) in [4.78, 5) is 0.391. The predicted molar refractivity (Wildman–Crippen MR) is 65.2 cm³/mol. The molecule has 0 aliphatic heterocycles. The maximum Gasteiger partial charge on any atom is 0.105 e. The molecule has 0 aliphatic carbocycles. The molecule has 2 N–H and O–H groups in total. The van der Waals surface area contributed by atoms with Gasteiger partial charge in [0.2, 0.25) is 0 Å².